The summed E-state index contributed by atoms with van der Waals surface area (Å²) in [6.45, 7) is 4.29. The molecule has 21 heavy (non-hydrogen) atoms. The molecule has 7 heteroatoms. The van der Waals surface area contributed by atoms with Gasteiger partial charge in [0.25, 0.3) is 5.56 Å². The number of nitrogens with zero attached hydrogens (tertiary/aromatic N) is 2. The van der Waals surface area contributed by atoms with Crippen molar-refractivity contribution in [2.45, 2.75) is 13.0 Å². The Hall–Kier alpha value is -1.47. The van der Waals surface area contributed by atoms with Gasteiger partial charge in [0.05, 0.1) is 17.2 Å². The van der Waals surface area contributed by atoms with E-state index in [9.17, 15) is 9.59 Å². The highest BCUT2D eigenvalue weighted by atomic mass is 79.9. The van der Waals surface area contributed by atoms with Gasteiger partial charge < -0.3 is 5.32 Å². The molecule has 1 N–H and O–H groups in total. The number of hydrogen-bond donors (Lipinski definition) is 1. The molecule has 5 nitrogen and oxygen atoms in total. The van der Waals surface area contributed by atoms with Crippen LogP contribution in [0.25, 0.3) is 10.9 Å². The molecule has 110 valence electrons. The van der Waals surface area contributed by atoms with Crippen LogP contribution in [0.2, 0.25) is 0 Å². The van der Waals surface area contributed by atoms with Crippen molar-refractivity contribution in [1.29, 1.82) is 0 Å². The number of carbonyl (C=O) groups is 1. The number of hydrogen-bond acceptors (Lipinski definition) is 3. The van der Waals surface area contributed by atoms with Gasteiger partial charge in [0.1, 0.15) is 0 Å². The fourth-order valence-electron chi connectivity index (χ4n) is 1.80. The van der Waals surface area contributed by atoms with Crippen molar-refractivity contribution in [1.82, 2.24) is 14.9 Å². The fraction of sp³-hybridized carbons (Fsp3) is 0.214. The summed E-state index contributed by atoms with van der Waals surface area (Å²) in [4.78, 5) is 28.2. The Balaban J connectivity index is 2.12. The Labute approximate surface area is 138 Å². The number of halogens is 2. The Morgan fingerprint density at radius 3 is 2.90 bits per heavy atom. The van der Waals surface area contributed by atoms with Crippen molar-refractivity contribution < 1.29 is 4.79 Å². The smallest absolute Gasteiger partial charge is 0.261 e. The van der Waals surface area contributed by atoms with E-state index in [0.29, 0.717) is 21.9 Å². The molecule has 1 amide bonds. The van der Waals surface area contributed by atoms with Gasteiger partial charge in [-0.3, -0.25) is 14.2 Å². The van der Waals surface area contributed by atoms with Crippen molar-refractivity contribution in [3.63, 3.8) is 0 Å². The molecule has 0 radical (unpaired) electrons. The topological polar surface area (TPSA) is 64.0 Å². The molecular weight excluding hydrogens is 402 g/mol. The van der Waals surface area contributed by atoms with E-state index < -0.39 is 0 Å². The molecule has 0 fully saturated rings. The summed E-state index contributed by atoms with van der Waals surface area (Å²) in [5.41, 5.74) is 0.485. The molecule has 2 rings (SSSR count). The van der Waals surface area contributed by atoms with Crippen molar-refractivity contribution >= 4 is 48.7 Å². The third-order valence-electron chi connectivity index (χ3n) is 2.84. The van der Waals surface area contributed by atoms with Crippen LogP contribution in [0, 0.1) is 0 Å². The SMILES string of the molecule is C=C(Br)CNC(=O)CCn1cnc2ccc(Br)cc2c1=O. The maximum absolute atomic E-state index is 12.3. The molecule has 1 aromatic heterocycles. The van der Waals surface area contributed by atoms with Crippen LogP contribution in [0.4, 0.5) is 0 Å². The third-order valence-corrected chi connectivity index (χ3v) is 3.62. The lowest BCUT2D eigenvalue weighted by Crippen LogP contribution is -2.28. The third kappa shape index (κ3) is 4.25. The summed E-state index contributed by atoms with van der Waals surface area (Å²) in [5, 5.41) is 3.22. The van der Waals surface area contributed by atoms with Gasteiger partial charge >= 0.3 is 0 Å². The zero-order valence-electron chi connectivity index (χ0n) is 11.1. The van der Waals surface area contributed by atoms with Crippen molar-refractivity contribution in [3.05, 3.63) is 50.4 Å². The van der Waals surface area contributed by atoms with Gasteiger partial charge in [0, 0.05) is 28.5 Å². The first-order valence-electron chi connectivity index (χ1n) is 6.22. The van der Waals surface area contributed by atoms with E-state index in [0.717, 1.165) is 4.47 Å². The fourth-order valence-corrected chi connectivity index (χ4v) is 2.30. The largest absolute Gasteiger partial charge is 0.351 e. The molecule has 0 spiro atoms. The zero-order valence-corrected chi connectivity index (χ0v) is 14.3. The highest BCUT2D eigenvalue weighted by Gasteiger charge is 2.07. The molecule has 0 atom stereocenters. The minimum atomic E-state index is -0.154. The molecule has 0 saturated carbocycles. The molecule has 0 bridgehead atoms. The van der Waals surface area contributed by atoms with Crippen LogP contribution < -0.4 is 10.9 Å². The summed E-state index contributed by atoms with van der Waals surface area (Å²) in [5.74, 6) is -0.142. The maximum Gasteiger partial charge on any atom is 0.261 e. The Bertz CT molecular complexity index is 755. The quantitative estimate of drug-likeness (QED) is 0.817. The molecular formula is C14H13Br2N3O2. The monoisotopic (exact) mass is 413 g/mol. The van der Waals surface area contributed by atoms with Crippen molar-refractivity contribution in [2.75, 3.05) is 6.54 Å². The normalized spacial score (nSPS) is 10.6. The number of nitrogens with one attached hydrogen (secondary N) is 1. The maximum atomic E-state index is 12.3. The lowest BCUT2D eigenvalue weighted by Gasteiger charge is -2.07. The second kappa shape index (κ2) is 7.00. The second-order valence-corrected chi connectivity index (χ2v) is 6.49. The van der Waals surface area contributed by atoms with Crippen LogP contribution in [0.1, 0.15) is 6.42 Å². The van der Waals surface area contributed by atoms with Gasteiger partial charge in [0.2, 0.25) is 5.91 Å². The zero-order chi connectivity index (χ0) is 15.4. The number of aromatic nitrogens is 2. The van der Waals surface area contributed by atoms with E-state index in [2.05, 4.69) is 48.7 Å². The molecule has 0 aliphatic carbocycles. The standard InChI is InChI=1S/C14H13Br2N3O2/c1-9(15)7-17-13(20)4-5-19-8-18-12-3-2-10(16)6-11(12)14(19)21/h2-3,6,8H,1,4-5,7H2,(H,17,20). The first-order chi connectivity index (χ1) is 9.97. The summed E-state index contributed by atoms with van der Waals surface area (Å²) in [6, 6.07) is 5.34. The minimum Gasteiger partial charge on any atom is -0.351 e. The molecule has 0 unspecified atom stereocenters. The number of fused-ring (bicyclic) bond motifs is 1. The first-order valence-corrected chi connectivity index (χ1v) is 7.80. The van der Waals surface area contributed by atoms with Gasteiger partial charge in [-0.1, -0.05) is 38.4 Å². The highest BCUT2D eigenvalue weighted by Crippen LogP contribution is 2.14. The predicted molar refractivity (Wildman–Crippen MR) is 89.4 cm³/mol. The van der Waals surface area contributed by atoms with Gasteiger partial charge in [-0.05, 0) is 18.2 Å². The van der Waals surface area contributed by atoms with Crippen molar-refractivity contribution in [3.8, 4) is 0 Å². The van der Waals surface area contributed by atoms with E-state index in [1.165, 1.54) is 10.9 Å². The highest BCUT2D eigenvalue weighted by molar-refractivity contribution is 9.11. The lowest BCUT2D eigenvalue weighted by molar-refractivity contribution is -0.121. The Kier molecular flexibility index (Phi) is 5.30. The van der Waals surface area contributed by atoms with Crippen LogP contribution in [0.5, 0.6) is 0 Å². The molecule has 0 aliphatic heterocycles. The molecule has 2 aromatic rings. The van der Waals surface area contributed by atoms with E-state index in [1.54, 1.807) is 12.1 Å². The average molecular weight is 415 g/mol. The van der Waals surface area contributed by atoms with Crippen molar-refractivity contribution in [2.24, 2.45) is 0 Å². The number of carbonyl (C=O) groups excluding carboxylic acids is 1. The first kappa shape index (κ1) is 15.9. The van der Waals surface area contributed by atoms with Crippen LogP contribution in [0.15, 0.2) is 44.9 Å². The van der Waals surface area contributed by atoms with E-state index in [4.69, 9.17) is 0 Å². The van der Waals surface area contributed by atoms with Crippen LogP contribution in [-0.2, 0) is 11.3 Å². The molecule has 1 aromatic carbocycles. The van der Waals surface area contributed by atoms with E-state index in [-0.39, 0.29) is 24.4 Å². The summed E-state index contributed by atoms with van der Waals surface area (Å²) in [7, 11) is 0. The second-order valence-electron chi connectivity index (χ2n) is 4.45. The predicted octanol–water partition coefficient (Wildman–Crippen LogP) is 2.57. The molecule has 1 heterocycles. The summed E-state index contributed by atoms with van der Waals surface area (Å²) < 4.78 is 2.96. The lowest BCUT2D eigenvalue weighted by atomic mass is 10.2. The molecule has 0 aliphatic rings. The molecule has 0 saturated heterocycles. The number of benzene rings is 1. The Morgan fingerprint density at radius 2 is 2.19 bits per heavy atom. The number of amides is 1. The van der Waals surface area contributed by atoms with Gasteiger partial charge in [0.15, 0.2) is 0 Å². The van der Waals surface area contributed by atoms with Crippen LogP contribution in [0.3, 0.4) is 0 Å². The number of aryl methyl sites for hydroxylation is 1. The minimum absolute atomic E-state index is 0.142. The van der Waals surface area contributed by atoms with E-state index >= 15 is 0 Å². The van der Waals surface area contributed by atoms with Gasteiger partial charge in [-0.25, -0.2) is 4.98 Å². The van der Waals surface area contributed by atoms with Gasteiger partial charge in [-0.15, -0.1) is 0 Å². The number of rotatable bonds is 5. The average Bonchev–Trinajstić information content (AvgIpc) is 2.45. The van der Waals surface area contributed by atoms with Gasteiger partial charge in [-0.2, -0.15) is 0 Å². The summed E-state index contributed by atoms with van der Waals surface area (Å²) in [6.07, 6.45) is 1.68. The van der Waals surface area contributed by atoms with Crippen LogP contribution >= 0.6 is 31.9 Å². The summed E-state index contributed by atoms with van der Waals surface area (Å²) >= 11 is 6.50. The Morgan fingerprint density at radius 1 is 1.43 bits per heavy atom. The van der Waals surface area contributed by atoms with E-state index in [1.807, 2.05) is 6.07 Å². The van der Waals surface area contributed by atoms with Crippen LogP contribution in [-0.4, -0.2) is 22.0 Å².